The van der Waals surface area contributed by atoms with Gasteiger partial charge < -0.3 is 9.84 Å². The van der Waals surface area contributed by atoms with Crippen molar-refractivity contribution in [3.8, 4) is 0 Å². The fourth-order valence-corrected chi connectivity index (χ4v) is 1.75. The number of hydrogen-bond acceptors (Lipinski definition) is 2. The molecule has 0 rings (SSSR count). The largest absolute Gasteiger partial charge is 0.368 e. The molecule has 1 unspecified atom stereocenters. The van der Waals surface area contributed by atoms with Gasteiger partial charge in [0, 0.05) is 18.0 Å². The maximum Gasteiger partial charge on any atom is 0.158 e. The molecule has 0 spiro atoms. The zero-order valence-corrected chi connectivity index (χ0v) is 10.7. The van der Waals surface area contributed by atoms with Crippen LogP contribution in [-0.4, -0.2) is 18.5 Å². The standard InChI is InChI=1S/C11H19BrO2/c1-4-6-9(8-11(13)14-3)10(12)7-5-2/h6-7,11,13H,4-5,8H2,1-3H3. The average molecular weight is 263 g/mol. The minimum absolute atomic E-state index is 0.529. The van der Waals surface area contributed by atoms with E-state index in [1.165, 1.54) is 7.11 Å². The molecule has 0 aromatic carbocycles. The molecule has 0 radical (unpaired) electrons. The third-order valence-corrected chi connectivity index (χ3v) is 2.64. The van der Waals surface area contributed by atoms with E-state index in [4.69, 9.17) is 4.74 Å². The topological polar surface area (TPSA) is 29.5 Å². The Balaban J connectivity index is 4.45. The summed E-state index contributed by atoms with van der Waals surface area (Å²) in [5, 5.41) is 9.36. The van der Waals surface area contributed by atoms with Gasteiger partial charge in [-0.15, -0.1) is 0 Å². The van der Waals surface area contributed by atoms with E-state index in [-0.39, 0.29) is 0 Å². The predicted molar refractivity (Wildman–Crippen MR) is 63.3 cm³/mol. The summed E-state index contributed by atoms with van der Waals surface area (Å²) in [7, 11) is 1.51. The van der Waals surface area contributed by atoms with Gasteiger partial charge in [0.1, 0.15) is 0 Å². The first-order chi connectivity index (χ1) is 6.65. The number of ether oxygens (including phenoxy) is 1. The van der Waals surface area contributed by atoms with Crippen LogP contribution in [0.1, 0.15) is 33.1 Å². The van der Waals surface area contributed by atoms with Crippen LogP contribution in [0.2, 0.25) is 0 Å². The van der Waals surface area contributed by atoms with Gasteiger partial charge in [-0.3, -0.25) is 0 Å². The van der Waals surface area contributed by atoms with Gasteiger partial charge in [0.25, 0.3) is 0 Å². The van der Waals surface area contributed by atoms with Crippen molar-refractivity contribution >= 4 is 15.9 Å². The highest BCUT2D eigenvalue weighted by Crippen LogP contribution is 2.23. The van der Waals surface area contributed by atoms with Crippen LogP contribution in [0.3, 0.4) is 0 Å². The Kier molecular flexibility index (Phi) is 8.14. The molecular weight excluding hydrogens is 244 g/mol. The van der Waals surface area contributed by atoms with Crippen LogP contribution in [0.5, 0.6) is 0 Å². The fourth-order valence-electron chi connectivity index (χ4n) is 1.11. The van der Waals surface area contributed by atoms with Crippen LogP contribution in [0.25, 0.3) is 0 Å². The molecule has 2 nitrogen and oxygen atoms in total. The molecule has 0 aliphatic carbocycles. The highest BCUT2D eigenvalue weighted by molar-refractivity contribution is 9.12. The van der Waals surface area contributed by atoms with Gasteiger partial charge in [0.2, 0.25) is 0 Å². The third kappa shape index (κ3) is 5.58. The SMILES string of the molecule is CCC=C(Br)C(=CCC)CC(O)OC. The van der Waals surface area contributed by atoms with Crippen molar-refractivity contribution in [3.63, 3.8) is 0 Å². The van der Waals surface area contributed by atoms with Crippen molar-refractivity contribution < 1.29 is 9.84 Å². The van der Waals surface area contributed by atoms with Gasteiger partial charge in [0.05, 0.1) is 0 Å². The van der Waals surface area contributed by atoms with Gasteiger partial charge in [-0.2, -0.15) is 0 Å². The first-order valence-corrected chi connectivity index (χ1v) is 5.70. The molecule has 82 valence electrons. The molecule has 0 fully saturated rings. The fraction of sp³-hybridized carbons (Fsp3) is 0.636. The summed E-state index contributed by atoms with van der Waals surface area (Å²) in [5.41, 5.74) is 1.10. The minimum atomic E-state index is -0.717. The zero-order valence-electron chi connectivity index (χ0n) is 9.09. The molecule has 1 atom stereocenters. The second kappa shape index (κ2) is 8.21. The Morgan fingerprint density at radius 1 is 1.36 bits per heavy atom. The summed E-state index contributed by atoms with van der Waals surface area (Å²) >= 11 is 3.49. The van der Waals surface area contributed by atoms with Crippen LogP contribution < -0.4 is 0 Å². The van der Waals surface area contributed by atoms with E-state index in [0.717, 1.165) is 22.9 Å². The molecule has 1 N–H and O–H groups in total. The van der Waals surface area contributed by atoms with Crippen LogP contribution >= 0.6 is 15.9 Å². The normalized spacial score (nSPS) is 15.8. The van der Waals surface area contributed by atoms with E-state index in [1.54, 1.807) is 0 Å². The number of hydrogen-bond donors (Lipinski definition) is 1. The Labute approximate surface area is 94.8 Å². The van der Waals surface area contributed by atoms with Gasteiger partial charge in [-0.1, -0.05) is 41.9 Å². The lowest BCUT2D eigenvalue weighted by molar-refractivity contribution is -0.0715. The molecule has 0 saturated carbocycles. The van der Waals surface area contributed by atoms with E-state index in [1.807, 2.05) is 0 Å². The molecule has 0 aromatic heterocycles. The van der Waals surface area contributed by atoms with Gasteiger partial charge in [-0.25, -0.2) is 0 Å². The van der Waals surface area contributed by atoms with E-state index in [9.17, 15) is 5.11 Å². The number of allylic oxidation sites excluding steroid dienone is 3. The lowest BCUT2D eigenvalue weighted by Gasteiger charge is -2.11. The van der Waals surface area contributed by atoms with Gasteiger partial charge in [-0.05, 0) is 18.4 Å². The quantitative estimate of drug-likeness (QED) is 0.588. The maximum absolute atomic E-state index is 9.36. The lowest BCUT2D eigenvalue weighted by Crippen LogP contribution is -2.09. The highest BCUT2D eigenvalue weighted by atomic mass is 79.9. The Morgan fingerprint density at radius 3 is 2.36 bits per heavy atom. The van der Waals surface area contributed by atoms with Crippen molar-refractivity contribution in [2.24, 2.45) is 0 Å². The molecule has 0 saturated heterocycles. The highest BCUT2D eigenvalue weighted by Gasteiger charge is 2.07. The summed E-state index contributed by atoms with van der Waals surface area (Å²) in [5.74, 6) is 0. The summed E-state index contributed by atoms with van der Waals surface area (Å²) in [6.45, 7) is 4.16. The molecular formula is C11H19BrO2. The average Bonchev–Trinajstić information content (AvgIpc) is 2.17. The maximum atomic E-state index is 9.36. The molecule has 0 aliphatic rings. The molecule has 0 heterocycles. The van der Waals surface area contributed by atoms with E-state index in [0.29, 0.717) is 6.42 Å². The van der Waals surface area contributed by atoms with Crippen molar-refractivity contribution in [1.82, 2.24) is 0 Å². The number of aliphatic hydroxyl groups is 1. The smallest absolute Gasteiger partial charge is 0.158 e. The summed E-state index contributed by atoms with van der Waals surface area (Å²) in [4.78, 5) is 0. The summed E-state index contributed by atoms with van der Waals surface area (Å²) < 4.78 is 5.88. The van der Waals surface area contributed by atoms with Gasteiger partial charge >= 0.3 is 0 Å². The second-order valence-electron chi connectivity index (χ2n) is 2.99. The van der Waals surface area contributed by atoms with Crippen LogP contribution in [0.4, 0.5) is 0 Å². The number of methoxy groups -OCH3 is 1. The van der Waals surface area contributed by atoms with Crippen LogP contribution in [-0.2, 0) is 4.74 Å². The second-order valence-corrected chi connectivity index (χ2v) is 3.85. The molecule has 0 bridgehead atoms. The monoisotopic (exact) mass is 262 g/mol. The summed E-state index contributed by atoms with van der Waals surface area (Å²) in [6.07, 6.45) is 5.93. The predicted octanol–water partition coefficient (Wildman–Crippen LogP) is 3.37. The van der Waals surface area contributed by atoms with Crippen molar-refractivity contribution in [2.45, 2.75) is 39.4 Å². The summed E-state index contributed by atoms with van der Waals surface area (Å²) in [6, 6.07) is 0. The number of rotatable bonds is 6. The molecule has 0 aromatic rings. The van der Waals surface area contributed by atoms with E-state index >= 15 is 0 Å². The van der Waals surface area contributed by atoms with Gasteiger partial charge in [0.15, 0.2) is 6.29 Å². The Bertz CT molecular complexity index is 209. The zero-order chi connectivity index (χ0) is 11.0. The minimum Gasteiger partial charge on any atom is -0.368 e. The first kappa shape index (κ1) is 13.9. The van der Waals surface area contributed by atoms with Crippen LogP contribution in [0.15, 0.2) is 22.2 Å². The van der Waals surface area contributed by atoms with E-state index in [2.05, 4.69) is 41.9 Å². The molecule has 0 aliphatic heterocycles. The van der Waals surface area contributed by atoms with Crippen molar-refractivity contribution in [1.29, 1.82) is 0 Å². The lowest BCUT2D eigenvalue weighted by atomic mass is 10.1. The molecule has 0 amide bonds. The number of aliphatic hydroxyl groups excluding tert-OH is 1. The van der Waals surface area contributed by atoms with Crippen molar-refractivity contribution in [2.75, 3.05) is 7.11 Å². The Hall–Kier alpha value is -0.120. The van der Waals surface area contributed by atoms with Crippen LogP contribution in [0, 0.1) is 0 Å². The van der Waals surface area contributed by atoms with E-state index < -0.39 is 6.29 Å². The first-order valence-electron chi connectivity index (χ1n) is 4.91. The number of halogens is 1. The molecule has 14 heavy (non-hydrogen) atoms. The third-order valence-electron chi connectivity index (χ3n) is 1.81. The molecule has 3 heteroatoms. The van der Waals surface area contributed by atoms with Crippen molar-refractivity contribution in [3.05, 3.63) is 22.2 Å². The Morgan fingerprint density at radius 2 is 1.93 bits per heavy atom.